The second-order valence-electron chi connectivity index (χ2n) is 6.09. The summed E-state index contributed by atoms with van der Waals surface area (Å²) in [4.78, 5) is 12.9. The van der Waals surface area contributed by atoms with Gasteiger partial charge in [-0.2, -0.15) is 5.26 Å². The molecule has 0 radical (unpaired) electrons. The molecule has 4 rings (SSSR count). The van der Waals surface area contributed by atoms with Gasteiger partial charge in [-0.3, -0.25) is 9.97 Å². The molecule has 1 aromatic carbocycles. The first-order valence-electron chi connectivity index (χ1n) is 8.57. The zero-order valence-electron chi connectivity index (χ0n) is 14.7. The van der Waals surface area contributed by atoms with Gasteiger partial charge in [0.05, 0.1) is 23.0 Å². The molecule has 0 spiro atoms. The molecule has 28 heavy (non-hydrogen) atoms. The highest BCUT2D eigenvalue weighted by Crippen LogP contribution is 2.30. The molecule has 0 aliphatic heterocycles. The predicted molar refractivity (Wildman–Crippen MR) is 113 cm³/mol. The smallest absolute Gasteiger partial charge is 0.126 e. The highest BCUT2D eigenvalue weighted by atomic mass is 79.9. The van der Waals surface area contributed by atoms with E-state index in [1.54, 1.807) is 18.6 Å². The lowest BCUT2D eigenvalue weighted by atomic mass is 10.1. The van der Waals surface area contributed by atoms with Gasteiger partial charge in [0, 0.05) is 40.7 Å². The van der Waals surface area contributed by atoms with Crippen LogP contribution in [0.2, 0.25) is 0 Å². The Hall–Kier alpha value is -3.50. The van der Waals surface area contributed by atoms with E-state index in [0.29, 0.717) is 29.1 Å². The number of nitrogens with zero attached hydrogens (tertiary/aromatic N) is 4. The summed E-state index contributed by atoms with van der Waals surface area (Å²) in [5.74, 6) is 0.701. The van der Waals surface area contributed by atoms with Crippen LogP contribution in [0, 0.1) is 11.3 Å². The van der Waals surface area contributed by atoms with Gasteiger partial charge in [-0.05, 0) is 42.0 Å². The average molecular weight is 431 g/mol. The topological polar surface area (TPSA) is 86.5 Å². The molecule has 0 saturated carbocycles. The minimum absolute atomic E-state index is 0.472. The summed E-state index contributed by atoms with van der Waals surface area (Å²) in [6, 6.07) is 15.8. The van der Waals surface area contributed by atoms with Gasteiger partial charge in [-0.15, -0.1) is 0 Å². The van der Waals surface area contributed by atoms with Crippen molar-refractivity contribution >= 4 is 44.0 Å². The standard InChI is InChI=1S/C21H15BrN6/c22-16-3-5-17(6-4-16)28-21-15(9-23)12-25-19-13-27-20(8-18(19)21)26-11-14-2-1-7-24-10-14/h1-8,10,12-13H,11H2,(H,25,28)(H,26,27). The second-order valence-corrected chi connectivity index (χ2v) is 7.01. The minimum atomic E-state index is 0.472. The number of hydrogen-bond acceptors (Lipinski definition) is 6. The monoisotopic (exact) mass is 430 g/mol. The number of anilines is 3. The summed E-state index contributed by atoms with van der Waals surface area (Å²) in [7, 11) is 0. The van der Waals surface area contributed by atoms with E-state index >= 15 is 0 Å². The van der Waals surface area contributed by atoms with Crippen LogP contribution < -0.4 is 10.6 Å². The zero-order chi connectivity index (χ0) is 19.3. The van der Waals surface area contributed by atoms with Gasteiger partial charge in [-0.1, -0.05) is 22.0 Å². The van der Waals surface area contributed by atoms with Gasteiger partial charge in [0.2, 0.25) is 0 Å². The quantitative estimate of drug-likeness (QED) is 0.462. The van der Waals surface area contributed by atoms with Crippen molar-refractivity contribution in [1.29, 1.82) is 5.26 Å². The molecule has 0 bridgehead atoms. The molecule has 136 valence electrons. The Morgan fingerprint density at radius 3 is 2.64 bits per heavy atom. The van der Waals surface area contributed by atoms with Crippen molar-refractivity contribution in [2.24, 2.45) is 0 Å². The SMILES string of the molecule is N#Cc1cnc2cnc(NCc3cccnc3)cc2c1Nc1ccc(Br)cc1. The molecule has 0 fully saturated rings. The number of rotatable bonds is 5. The van der Waals surface area contributed by atoms with Gasteiger partial charge in [0.1, 0.15) is 11.9 Å². The molecule has 2 N–H and O–H groups in total. The average Bonchev–Trinajstić information content (AvgIpc) is 2.74. The maximum atomic E-state index is 9.55. The van der Waals surface area contributed by atoms with Crippen LogP contribution in [0.25, 0.3) is 10.9 Å². The first kappa shape index (κ1) is 17.9. The Labute approximate surface area is 170 Å². The molecule has 7 heteroatoms. The summed E-state index contributed by atoms with van der Waals surface area (Å²) in [5.41, 5.74) is 3.84. The Bertz CT molecular complexity index is 1150. The van der Waals surface area contributed by atoms with Crippen molar-refractivity contribution in [2.45, 2.75) is 6.54 Å². The Balaban J connectivity index is 1.69. The maximum absolute atomic E-state index is 9.55. The summed E-state index contributed by atoms with van der Waals surface area (Å²) >= 11 is 3.43. The van der Waals surface area contributed by atoms with E-state index in [9.17, 15) is 5.26 Å². The number of halogens is 1. The first-order chi connectivity index (χ1) is 13.7. The third kappa shape index (κ3) is 3.92. The molecular weight excluding hydrogens is 416 g/mol. The fourth-order valence-corrected chi connectivity index (χ4v) is 3.05. The van der Waals surface area contributed by atoms with Crippen LogP contribution in [-0.4, -0.2) is 15.0 Å². The number of pyridine rings is 3. The van der Waals surface area contributed by atoms with Gasteiger partial charge in [-0.25, -0.2) is 4.98 Å². The van der Waals surface area contributed by atoms with Crippen molar-refractivity contribution in [2.75, 3.05) is 10.6 Å². The van der Waals surface area contributed by atoms with Crippen molar-refractivity contribution in [3.05, 3.63) is 82.9 Å². The number of hydrogen-bond donors (Lipinski definition) is 2. The number of nitriles is 1. The third-order valence-electron chi connectivity index (χ3n) is 4.18. The fourth-order valence-electron chi connectivity index (χ4n) is 2.78. The lowest BCUT2D eigenvalue weighted by Crippen LogP contribution is -2.03. The van der Waals surface area contributed by atoms with Crippen LogP contribution in [0.15, 0.2) is 71.7 Å². The Kier molecular flexibility index (Phi) is 5.13. The fraction of sp³-hybridized carbons (Fsp3) is 0.0476. The molecule has 0 saturated heterocycles. The van der Waals surface area contributed by atoms with Gasteiger partial charge >= 0.3 is 0 Å². The van der Waals surface area contributed by atoms with Crippen LogP contribution in [0.3, 0.4) is 0 Å². The van der Waals surface area contributed by atoms with E-state index in [0.717, 1.165) is 21.1 Å². The Morgan fingerprint density at radius 1 is 1.04 bits per heavy atom. The van der Waals surface area contributed by atoms with Crippen molar-refractivity contribution in [3.63, 3.8) is 0 Å². The zero-order valence-corrected chi connectivity index (χ0v) is 16.3. The van der Waals surface area contributed by atoms with Gasteiger partial charge < -0.3 is 10.6 Å². The molecule has 0 unspecified atom stereocenters. The molecule has 0 aliphatic rings. The number of fused-ring (bicyclic) bond motifs is 1. The first-order valence-corrected chi connectivity index (χ1v) is 9.36. The molecule has 0 aliphatic carbocycles. The van der Waals surface area contributed by atoms with Crippen molar-refractivity contribution in [1.82, 2.24) is 15.0 Å². The number of benzene rings is 1. The van der Waals surface area contributed by atoms with E-state index in [4.69, 9.17) is 0 Å². The summed E-state index contributed by atoms with van der Waals surface area (Å²) in [5, 5.41) is 17.0. The van der Waals surface area contributed by atoms with Gasteiger partial charge in [0.15, 0.2) is 0 Å². The summed E-state index contributed by atoms with van der Waals surface area (Å²) < 4.78 is 0.990. The van der Waals surface area contributed by atoms with E-state index in [-0.39, 0.29) is 0 Å². The van der Waals surface area contributed by atoms with Crippen LogP contribution in [-0.2, 0) is 6.54 Å². The molecule has 6 nitrogen and oxygen atoms in total. The summed E-state index contributed by atoms with van der Waals surface area (Å²) in [6.07, 6.45) is 6.82. The van der Waals surface area contributed by atoms with Crippen LogP contribution in [0.1, 0.15) is 11.1 Å². The van der Waals surface area contributed by atoms with E-state index < -0.39 is 0 Å². The molecule has 3 heterocycles. The highest BCUT2D eigenvalue weighted by molar-refractivity contribution is 9.10. The van der Waals surface area contributed by atoms with Crippen molar-refractivity contribution < 1.29 is 0 Å². The van der Waals surface area contributed by atoms with Gasteiger partial charge in [0.25, 0.3) is 0 Å². The number of aromatic nitrogens is 3. The largest absolute Gasteiger partial charge is 0.366 e. The molecular formula is C21H15BrN6. The molecule has 0 atom stereocenters. The van der Waals surface area contributed by atoms with E-state index in [1.165, 1.54) is 0 Å². The molecule has 3 aromatic heterocycles. The third-order valence-corrected chi connectivity index (χ3v) is 4.71. The number of nitrogens with one attached hydrogen (secondary N) is 2. The molecule has 0 amide bonds. The molecule has 4 aromatic rings. The lowest BCUT2D eigenvalue weighted by molar-refractivity contribution is 1.09. The van der Waals surface area contributed by atoms with E-state index in [1.807, 2.05) is 48.7 Å². The minimum Gasteiger partial charge on any atom is -0.366 e. The van der Waals surface area contributed by atoms with Crippen LogP contribution >= 0.6 is 15.9 Å². The van der Waals surface area contributed by atoms with Crippen molar-refractivity contribution in [3.8, 4) is 6.07 Å². The van der Waals surface area contributed by atoms with Crippen LogP contribution in [0.4, 0.5) is 17.2 Å². The van der Waals surface area contributed by atoms with E-state index in [2.05, 4.69) is 47.6 Å². The summed E-state index contributed by atoms with van der Waals surface area (Å²) in [6.45, 7) is 0.604. The lowest BCUT2D eigenvalue weighted by Gasteiger charge is -2.13. The highest BCUT2D eigenvalue weighted by Gasteiger charge is 2.11. The second kappa shape index (κ2) is 8.03. The van der Waals surface area contributed by atoms with Crippen LogP contribution in [0.5, 0.6) is 0 Å². The predicted octanol–water partition coefficient (Wildman–Crippen LogP) is 5.01. The maximum Gasteiger partial charge on any atom is 0.126 e. The Morgan fingerprint density at radius 2 is 1.89 bits per heavy atom. The normalized spacial score (nSPS) is 10.4.